The molecule has 4 aromatic rings. The van der Waals surface area contributed by atoms with Crippen molar-refractivity contribution in [1.82, 2.24) is 15.3 Å². The van der Waals surface area contributed by atoms with E-state index < -0.39 is 12.2 Å². The van der Waals surface area contributed by atoms with Crippen LogP contribution in [0.1, 0.15) is 59.6 Å². The Kier molecular flexibility index (Phi) is 15.4. The molecule has 278 valence electrons. The van der Waals surface area contributed by atoms with Crippen LogP contribution in [0.25, 0.3) is 11.1 Å². The number of nitrogens with zero attached hydrogens (tertiary/aromatic N) is 2. The highest BCUT2D eigenvalue weighted by atomic mass is 16.5. The molecule has 0 bridgehead atoms. The van der Waals surface area contributed by atoms with Crippen molar-refractivity contribution in [2.45, 2.75) is 78.4 Å². The van der Waals surface area contributed by atoms with Gasteiger partial charge in [-0.25, -0.2) is 0 Å². The molecular weight excluding hydrogens is 666 g/mol. The van der Waals surface area contributed by atoms with Gasteiger partial charge in [0.25, 0.3) is 6.47 Å². The summed E-state index contributed by atoms with van der Waals surface area (Å²) in [6.07, 6.45) is 0.459. The lowest BCUT2D eigenvalue weighted by Gasteiger charge is -2.17. The van der Waals surface area contributed by atoms with Crippen LogP contribution in [-0.4, -0.2) is 72.0 Å². The number of methoxy groups -OCH3 is 2. The number of pyridine rings is 2. The lowest BCUT2D eigenvalue weighted by molar-refractivity contribution is -0.131. The maximum absolute atomic E-state index is 11.2. The molecule has 0 aliphatic carbocycles. The summed E-state index contributed by atoms with van der Waals surface area (Å²) >= 11 is 0. The average Bonchev–Trinajstić information content (AvgIpc) is 3.13. The topological polar surface area (TPSA) is 159 Å². The first kappa shape index (κ1) is 39.7. The number of aliphatic hydroxyl groups excluding tert-OH is 2. The Morgan fingerprint density at radius 2 is 1.35 bits per heavy atom. The molecule has 2 atom stereocenters. The Hall–Kier alpha value is -5.04. The Bertz CT molecular complexity index is 1780. The number of aliphatic hydroxyl groups is 2. The minimum atomic E-state index is -0.745. The molecule has 2 unspecified atom stereocenters. The van der Waals surface area contributed by atoms with Crippen LogP contribution in [0.15, 0.2) is 60.7 Å². The first-order valence-corrected chi connectivity index (χ1v) is 17.3. The van der Waals surface area contributed by atoms with Crippen LogP contribution in [0.2, 0.25) is 0 Å². The first-order valence-electron chi connectivity index (χ1n) is 17.3. The van der Waals surface area contributed by atoms with E-state index in [4.69, 9.17) is 18.9 Å². The summed E-state index contributed by atoms with van der Waals surface area (Å²) in [5.41, 5.74) is 8.11. The molecule has 0 radical (unpaired) electrons. The van der Waals surface area contributed by atoms with Crippen molar-refractivity contribution in [3.8, 4) is 34.6 Å². The molecule has 2 aromatic carbocycles. The van der Waals surface area contributed by atoms with Crippen molar-refractivity contribution < 1.29 is 43.5 Å². The second-order valence-corrected chi connectivity index (χ2v) is 12.6. The number of ketones is 1. The van der Waals surface area contributed by atoms with Crippen molar-refractivity contribution in [2.24, 2.45) is 0 Å². The predicted molar refractivity (Wildman–Crippen MR) is 196 cm³/mol. The van der Waals surface area contributed by atoms with E-state index in [0.29, 0.717) is 69.0 Å². The van der Waals surface area contributed by atoms with Crippen LogP contribution in [0.4, 0.5) is 0 Å². The summed E-state index contributed by atoms with van der Waals surface area (Å²) < 4.78 is 27.9. The van der Waals surface area contributed by atoms with Gasteiger partial charge < -0.3 is 39.2 Å². The number of nitrogens with one attached hydrogen (secondary N) is 1. The molecule has 3 N–H and O–H groups in total. The van der Waals surface area contributed by atoms with Gasteiger partial charge in [-0.3, -0.25) is 9.59 Å². The van der Waals surface area contributed by atoms with E-state index in [1.165, 1.54) is 6.92 Å². The van der Waals surface area contributed by atoms with Gasteiger partial charge in [-0.2, -0.15) is 9.97 Å². The Labute approximate surface area is 305 Å². The summed E-state index contributed by atoms with van der Waals surface area (Å²) in [5, 5.41) is 23.0. The molecule has 2 heterocycles. The summed E-state index contributed by atoms with van der Waals surface area (Å²) in [7, 11) is 3.11. The fourth-order valence-electron chi connectivity index (χ4n) is 5.85. The summed E-state index contributed by atoms with van der Waals surface area (Å²) in [6, 6.07) is 19.7. The normalized spacial score (nSPS) is 12.1. The molecule has 52 heavy (non-hydrogen) atoms. The predicted octanol–water partition coefficient (Wildman–Crippen LogP) is 5.22. The number of carbonyl (C=O) groups excluding carboxylic acids is 2. The molecule has 0 amide bonds. The van der Waals surface area contributed by atoms with E-state index in [9.17, 15) is 19.8 Å². The summed E-state index contributed by atoms with van der Waals surface area (Å²) in [5.74, 6) is 1.70. The number of rotatable bonds is 22. The van der Waals surface area contributed by atoms with Crippen LogP contribution in [0.3, 0.4) is 0 Å². The van der Waals surface area contributed by atoms with Gasteiger partial charge in [0.05, 0.1) is 26.4 Å². The van der Waals surface area contributed by atoms with Gasteiger partial charge in [-0.15, -0.1) is 0 Å². The van der Waals surface area contributed by atoms with Crippen molar-refractivity contribution >= 4 is 12.3 Å². The molecule has 0 saturated heterocycles. The first-order chi connectivity index (χ1) is 25.1. The fourth-order valence-corrected chi connectivity index (χ4v) is 5.85. The highest BCUT2D eigenvalue weighted by Gasteiger charge is 2.15. The standard InChI is InChI=1S/C40H49N3O9/c1-26(45)19-34(47)21-41-20-30-16-18-38(43-40(30)49-5)52-23-32-11-8-14-36(28(32)3)35-13-7-10-31(27(35)2)22-51-37-17-15-29(39(42-37)48-4)9-6-12-33(46)24-50-25-44/h7-8,10-11,13-18,25,33-34,41,46-47H,6,9,12,19-24H2,1-5H3. The van der Waals surface area contributed by atoms with Gasteiger partial charge in [0.1, 0.15) is 25.6 Å². The number of ether oxygens (including phenoxy) is 5. The zero-order chi connectivity index (χ0) is 37.5. The van der Waals surface area contributed by atoms with Crippen LogP contribution in [0.5, 0.6) is 23.5 Å². The minimum absolute atomic E-state index is 0.0196. The number of hydrogen-bond acceptors (Lipinski definition) is 12. The fraction of sp³-hybridized carbons (Fsp3) is 0.400. The van der Waals surface area contributed by atoms with Crippen LogP contribution >= 0.6 is 0 Å². The van der Waals surface area contributed by atoms with Gasteiger partial charge in [-0.05, 0) is 85.5 Å². The van der Waals surface area contributed by atoms with Crippen LogP contribution < -0.4 is 24.3 Å². The lowest BCUT2D eigenvalue weighted by Crippen LogP contribution is -2.28. The lowest BCUT2D eigenvalue weighted by atomic mass is 9.92. The molecule has 12 heteroatoms. The SMILES string of the molecule is COc1nc(OCc2cccc(-c3cccc(COc4ccc(CNCC(O)CC(C)=O)c(OC)n4)c3C)c2C)ccc1CCCC(O)COC=O. The number of Topliss-reactive ketones (excluding diaryl/α,β-unsaturated/α-hetero) is 1. The molecule has 4 rings (SSSR count). The Balaban J connectivity index is 1.38. The van der Waals surface area contributed by atoms with Crippen molar-refractivity contribution in [1.29, 1.82) is 0 Å². The zero-order valence-corrected chi connectivity index (χ0v) is 30.5. The molecule has 0 fully saturated rings. The molecule has 0 spiro atoms. The second-order valence-electron chi connectivity index (χ2n) is 12.6. The van der Waals surface area contributed by atoms with Crippen LogP contribution in [-0.2, 0) is 40.5 Å². The molecule has 12 nitrogen and oxygen atoms in total. The van der Waals surface area contributed by atoms with Crippen molar-refractivity contribution in [3.63, 3.8) is 0 Å². The number of aryl methyl sites for hydroxylation is 1. The van der Waals surface area contributed by atoms with Gasteiger partial charge in [0, 0.05) is 42.8 Å². The van der Waals surface area contributed by atoms with E-state index in [1.54, 1.807) is 20.3 Å². The Morgan fingerprint density at radius 1 is 0.788 bits per heavy atom. The van der Waals surface area contributed by atoms with Gasteiger partial charge in [-0.1, -0.05) is 36.4 Å². The van der Waals surface area contributed by atoms with E-state index in [-0.39, 0.29) is 25.4 Å². The minimum Gasteiger partial charge on any atom is -0.481 e. The quantitative estimate of drug-likeness (QED) is 0.0913. The van der Waals surface area contributed by atoms with E-state index in [2.05, 4.69) is 46.0 Å². The third kappa shape index (κ3) is 11.5. The van der Waals surface area contributed by atoms with E-state index in [0.717, 1.165) is 44.5 Å². The smallest absolute Gasteiger partial charge is 0.293 e. The molecule has 0 aliphatic heterocycles. The number of benzene rings is 2. The highest BCUT2D eigenvalue weighted by molar-refractivity contribution is 5.76. The monoisotopic (exact) mass is 715 g/mol. The Morgan fingerprint density at radius 3 is 1.88 bits per heavy atom. The molecule has 0 saturated carbocycles. The maximum Gasteiger partial charge on any atom is 0.293 e. The molecular formula is C40H49N3O9. The maximum atomic E-state index is 11.2. The third-order valence-electron chi connectivity index (χ3n) is 8.71. The van der Waals surface area contributed by atoms with E-state index >= 15 is 0 Å². The molecule has 2 aromatic heterocycles. The van der Waals surface area contributed by atoms with Gasteiger partial charge in [0.2, 0.25) is 23.5 Å². The van der Waals surface area contributed by atoms with Gasteiger partial charge >= 0.3 is 0 Å². The average molecular weight is 716 g/mol. The number of hydrogen-bond donors (Lipinski definition) is 3. The van der Waals surface area contributed by atoms with Crippen molar-refractivity contribution in [2.75, 3.05) is 27.4 Å². The molecule has 0 aliphatic rings. The van der Waals surface area contributed by atoms with Crippen LogP contribution in [0, 0.1) is 13.8 Å². The zero-order valence-electron chi connectivity index (χ0n) is 30.5. The summed E-state index contributed by atoms with van der Waals surface area (Å²) in [6.45, 7) is 7.26. The summed E-state index contributed by atoms with van der Waals surface area (Å²) in [4.78, 5) is 30.6. The largest absolute Gasteiger partial charge is 0.481 e. The highest BCUT2D eigenvalue weighted by Crippen LogP contribution is 2.32. The number of aromatic nitrogens is 2. The van der Waals surface area contributed by atoms with Crippen molar-refractivity contribution in [3.05, 3.63) is 94.0 Å². The van der Waals surface area contributed by atoms with Gasteiger partial charge in [0.15, 0.2) is 0 Å². The second kappa shape index (κ2) is 20.1. The third-order valence-corrected chi connectivity index (χ3v) is 8.71. The number of carbonyl (C=O) groups is 2. The van der Waals surface area contributed by atoms with E-state index in [1.807, 2.05) is 42.5 Å².